The van der Waals surface area contributed by atoms with Gasteiger partial charge in [0, 0.05) is 17.5 Å². The van der Waals surface area contributed by atoms with Crippen molar-refractivity contribution in [2.45, 2.75) is 24.3 Å². The average Bonchev–Trinajstić information content (AvgIpc) is 2.15. The average molecular weight is 273 g/mol. The molecule has 1 rings (SSSR count). The Balaban J connectivity index is 3.02. The molecule has 0 aliphatic carbocycles. The lowest BCUT2D eigenvalue weighted by Gasteiger charge is -2.13. The first-order valence-corrected chi connectivity index (χ1v) is 6.73. The first-order chi connectivity index (χ1) is 7.86. The van der Waals surface area contributed by atoms with Crippen LogP contribution in [0.4, 0.5) is 5.69 Å². The van der Waals surface area contributed by atoms with Gasteiger partial charge in [0.25, 0.3) is 0 Å². The quantitative estimate of drug-likeness (QED) is 0.646. The van der Waals surface area contributed by atoms with E-state index in [0.717, 1.165) is 0 Å². The zero-order valence-electron chi connectivity index (χ0n) is 9.27. The highest BCUT2D eigenvalue weighted by molar-refractivity contribution is 7.89. The van der Waals surface area contributed by atoms with Crippen molar-refractivity contribution in [2.75, 3.05) is 5.73 Å². The topological polar surface area (TPSA) is 72.2 Å². The minimum Gasteiger partial charge on any atom is -0.398 e. The first-order valence-electron chi connectivity index (χ1n) is 4.87. The summed E-state index contributed by atoms with van der Waals surface area (Å²) in [6, 6.07) is 3.88. The van der Waals surface area contributed by atoms with E-state index in [2.05, 4.69) is 10.6 Å². The molecule has 1 atom stereocenters. The number of halogens is 1. The van der Waals surface area contributed by atoms with Crippen LogP contribution in [0.1, 0.15) is 13.3 Å². The van der Waals surface area contributed by atoms with Crippen molar-refractivity contribution >= 4 is 27.3 Å². The Labute approximate surface area is 106 Å². The van der Waals surface area contributed by atoms with Gasteiger partial charge in [-0.05, 0) is 25.1 Å². The molecule has 0 saturated carbocycles. The summed E-state index contributed by atoms with van der Waals surface area (Å²) in [7, 11) is -3.66. The van der Waals surface area contributed by atoms with E-state index in [9.17, 15) is 8.42 Å². The molecule has 6 heteroatoms. The summed E-state index contributed by atoms with van der Waals surface area (Å²) in [5, 5.41) is 0.387. The summed E-state index contributed by atoms with van der Waals surface area (Å²) in [6.07, 6.45) is 5.42. The second kappa shape index (κ2) is 5.41. The smallest absolute Gasteiger partial charge is 0.242 e. The van der Waals surface area contributed by atoms with E-state index in [1.54, 1.807) is 6.92 Å². The number of sulfonamides is 1. The predicted molar refractivity (Wildman–Crippen MR) is 69.1 cm³/mol. The molecule has 4 nitrogen and oxygen atoms in total. The van der Waals surface area contributed by atoms with Crippen molar-refractivity contribution in [3.63, 3.8) is 0 Å². The van der Waals surface area contributed by atoms with Gasteiger partial charge in [0.2, 0.25) is 10.0 Å². The van der Waals surface area contributed by atoms with Crippen LogP contribution >= 0.6 is 11.6 Å². The van der Waals surface area contributed by atoms with E-state index in [1.165, 1.54) is 18.2 Å². The van der Waals surface area contributed by atoms with E-state index in [0.29, 0.717) is 11.4 Å². The highest BCUT2D eigenvalue weighted by atomic mass is 35.5. The predicted octanol–water partition coefficient (Wildman–Crippen LogP) is 1.61. The molecule has 0 aromatic heterocycles. The number of nitrogens with one attached hydrogen (secondary N) is 1. The molecule has 0 heterocycles. The number of nitrogen functional groups attached to an aromatic ring is 1. The van der Waals surface area contributed by atoms with Crippen LogP contribution in [0.25, 0.3) is 0 Å². The zero-order valence-corrected chi connectivity index (χ0v) is 10.8. The monoisotopic (exact) mass is 272 g/mol. The molecule has 17 heavy (non-hydrogen) atoms. The Morgan fingerprint density at radius 3 is 2.76 bits per heavy atom. The third-order valence-electron chi connectivity index (χ3n) is 2.04. The van der Waals surface area contributed by atoms with Crippen LogP contribution < -0.4 is 10.5 Å². The largest absolute Gasteiger partial charge is 0.398 e. The fourth-order valence-electron chi connectivity index (χ4n) is 1.31. The van der Waals surface area contributed by atoms with Crippen LogP contribution in [-0.4, -0.2) is 14.5 Å². The summed E-state index contributed by atoms with van der Waals surface area (Å²) in [6.45, 7) is 1.68. The number of hydrogen-bond donors (Lipinski definition) is 2. The van der Waals surface area contributed by atoms with Gasteiger partial charge >= 0.3 is 0 Å². The molecule has 1 unspecified atom stereocenters. The van der Waals surface area contributed by atoms with Crippen molar-refractivity contribution < 1.29 is 8.42 Å². The molecule has 0 spiro atoms. The number of hydrogen-bond acceptors (Lipinski definition) is 3. The van der Waals surface area contributed by atoms with Gasteiger partial charge in [-0.2, -0.15) is 0 Å². The Hall–Kier alpha value is -1.22. The summed E-state index contributed by atoms with van der Waals surface area (Å²) >= 11 is 5.70. The summed E-state index contributed by atoms with van der Waals surface area (Å²) < 4.78 is 26.3. The maximum atomic E-state index is 11.9. The zero-order chi connectivity index (χ0) is 13.1. The molecule has 0 bridgehead atoms. The molecule has 0 radical (unpaired) electrons. The molecular formula is C11H13ClN2O2S. The van der Waals surface area contributed by atoms with Crippen LogP contribution in [0.3, 0.4) is 0 Å². The third kappa shape index (κ3) is 3.63. The second-order valence-corrected chi connectivity index (χ2v) is 5.73. The molecule has 1 aromatic carbocycles. The van der Waals surface area contributed by atoms with Crippen LogP contribution in [0.2, 0.25) is 5.02 Å². The molecule has 0 amide bonds. The van der Waals surface area contributed by atoms with Crippen molar-refractivity contribution in [1.29, 1.82) is 0 Å². The number of benzene rings is 1. The molecule has 92 valence electrons. The fraction of sp³-hybridized carbons (Fsp3) is 0.273. The summed E-state index contributed by atoms with van der Waals surface area (Å²) in [5.41, 5.74) is 5.72. The van der Waals surface area contributed by atoms with E-state index in [4.69, 9.17) is 23.8 Å². The lowest BCUT2D eigenvalue weighted by molar-refractivity contribution is 0.564. The molecule has 0 aliphatic heterocycles. The minimum atomic E-state index is -3.66. The van der Waals surface area contributed by atoms with Crippen molar-refractivity contribution in [3.05, 3.63) is 23.2 Å². The van der Waals surface area contributed by atoms with Gasteiger partial charge in [-0.3, -0.25) is 0 Å². The van der Waals surface area contributed by atoms with Crippen molar-refractivity contribution in [1.82, 2.24) is 4.72 Å². The van der Waals surface area contributed by atoms with Crippen LogP contribution in [0.5, 0.6) is 0 Å². The highest BCUT2D eigenvalue weighted by Crippen LogP contribution is 2.22. The fourth-order valence-corrected chi connectivity index (χ4v) is 2.85. The van der Waals surface area contributed by atoms with Gasteiger partial charge in [0.15, 0.2) is 0 Å². The van der Waals surface area contributed by atoms with E-state index in [-0.39, 0.29) is 16.6 Å². The second-order valence-electron chi connectivity index (χ2n) is 3.61. The van der Waals surface area contributed by atoms with Gasteiger partial charge in [-0.25, -0.2) is 13.1 Å². The lowest BCUT2D eigenvalue weighted by Crippen LogP contribution is -2.32. The molecule has 0 fully saturated rings. The van der Waals surface area contributed by atoms with E-state index in [1.807, 2.05) is 0 Å². The molecule has 1 aromatic rings. The van der Waals surface area contributed by atoms with E-state index < -0.39 is 10.0 Å². The maximum absolute atomic E-state index is 11.9. The van der Waals surface area contributed by atoms with E-state index >= 15 is 0 Å². The summed E-state index contributed by atoms with van der Waals surface area (Å²) in [5.74, 6) is 2.39. The van der Waals surface area contributed by atoms with Gasteiger partial charge in [-0.1, -0.05) is 11.6 Å². The Kier molecular flexibility index (Phi) is 4.40. The number of nitrogens with two attached hydrogens (primary N) is 1. The van der Waals surface area contributed by atoms with Crippen LogP contribution in [0, 0.1) is 12.3 Å². The SMILES string of the molecule is C#CCC(C)NS(=O)(=O)c1ccc(Cl)cc1N. The van der Waals surface area contributed by atoms with Gasteiger partial charge in [0.05, 0.1) is 5.69 Å². The normalized spacial score (nSPS) is 13.0. The van der Waals surface area contributed by atoms with Gasteiger partial charge in [-0.15, -0.1) is 12.3 Å². The Bertz CT molecular complexity index is 549. The third-order valence-corrected chi connectivity index (χ3v) is 3.94. The molecule has 3 N–H and O–H groups in total. The highest BCUT2D eigenvalue weighted by Gasteiger charge is 2.19. The van der Waals surface area contributed by atoms with Gasteiger partial charge < -0.3 is 5.73 Å². The maximum Gasteiger partial charge on any atom is 0.242 e. The number of rotatable bonds is 4. The van der Waals surface area contributed by atoms with Gasteiger partial charge in [0.1, 0.15) is 4.90 Å². The Morgan fingerprint density at radius 1 is 1.59 bits per heavy atom. The first kappa shape index (κ1) is 13.8. The summed E-state index contributed by atoms with van der Waals surface area (Å²) in [4.78, 5) is 0.00534. The minimum absolute atomic E-state index is 0.00534. The standard InChI is InChI=1S/C11H13ClN2O2S/c1-3-4-8(2)14-17(15,16)11-6-5-9(12)7-10(11)13/h1,5-8,14H,4,13H2,2H3. The number of terminal acetylenes is 1. The molecule has 0 aliphatic rings. The lowest BCUT2D eigenvalue weighted by atomic mass is 10.3. The van der Waals surface area contributed by atoms with Crippen molar-refractivity contribution in [3.8, 4) is 12.3 Å². The molecular weight excluding hydrogens is 260 g/mol. The van der Waals surface area contributed by atoms with Crippen LogP contribution in [0.15, 0.2) is 23.1 Å². The van der Waals surface area contributed by atoms with Crippen molar-refractivity contribution in [2.24, 2.45) is 0 Å². The van der Waals surface area contributed by atoms with Crippen LogP contribution in [-0.2, 0) is 10.0 Å². The Morgan fingerprint density at radius 2 is 2.24 bits per heavy atom. The number of anilines is 1. The molecule has 0 saturated heterocycles.